The van der Waals surface area contributed by atoms with Crippen molar-refractivity contribution < 1.29 is 14.3 Å². The summed E-state index contributed by atoms with van der Waals surface area (Å²) in [6.07, 6.45) is 0. The van der Waals surface area contributed by atoms with E-state index < -0.39 is 0 Å². The number of pyridine rings is 1. The van der Waals surface area contributed by atoms with Crippen molar-refractivity contribution in [3.05, 3.63) is 53.0 Å². The highest BCUT2D eigenvalue weighted by Crippen LogP contribution is 2.29. The fraction of sp³-hybridized carbons (Fsp3) is 0.304. The Morgan fingerprint density at radius 1 is 1.06 bits per heavy atom. The van der Waals surface area contributed by atoms with Gasteiger partial charge in [0.2, 0.25) is 0 Å². The zero-order valence-electron chi connectivity index (χ0n) is 19.1. The lowest BCUT2D eigenvalue weighted by atomic mass is 10.0. The number of rotatable bonds is 6. The van der Waals surface area contributed by atoms with Gasteiger partial charge in [-0.25, -0.2) is 9.67 Å². The number of nitrogens with zero attached hydrogens (tertiary/aromatic N) is 5. The maximum atomic E-state index is 13.5. The number of aromatic nitrogens is 5. The number of ether oxygens (including phenoxy) is 2. The Morgan fingerprint density at radius 3 is 2.44 bits per heavy atom. The lowest BCUT2D eigenvalue weighted by Gasteiger charge is -2.10. The molecule has 0 saturated carbocycles. The molecule has 3 heterocycles. The molecule has 0 unspecified atom stereocenters. The molecule has 0 saturated heterocycles. The van der Waals surface area contributed by atoms with Crippen molar-refractivity contribution in [2.24, 2.45) is 7.05 Å². The molecule has 0 spiro atoms. The summed E-state index contributed by atoms with van der Waals surface area (Å²) in [4.78, 5) is 18.3. The number of hydrogen-bond acceptors (Lipinski definition) is 6. The van der Waals surface area contributed by atoms with E-state index in [9.17, 15) is 4.79 Å². The number of carbonyl (C=O) groups is 1. The van der Waals surface area contributed by atoms with Gasteiger partial charge in [-0.2, -0.15) is 10.2 Å². The first-order valence-electron chi connectivity index (χ1n) is 10.2. The number of amides is 1. The van der Waals surface area contributed by atoms with Gasteiger partial charge < -0.3 is 14.8 Å². The van der Waals surface area contributed by atoms with Gasteiger partial charge in [-0.1, -0.05) is 0 Å². The van der Waals surface area contributed by atoms with E-state index in [4.69, 9.17) is 14.5 Å². The molecule has 0 atom stereocenters. The second-order valence-corrected chi connectivity index (χ2v) is 7.61. The lowest BCUT2D eigenvalue weighted by molar-refractivity contribution is 0.102. The number of benzene rings is 1. The van der Waals surface area contributed by atoms with Gasteiger partial charge >= 0.3 is 0 Å². The molecule has 9 heteroatoms. The van der Waals surface area contributed by atoms with Crippen LogP contribution < -0.4 is 10.1 Å². The Morgan fingerprint density at radius 2 is 1.78 bits per heavy atom. The molecule has 3 aromatic heterocycles. The summed E-state index contributed by atoms with van der Waals surface area (Å²) in [5.41, 5.74) is 5.65. The van der Waals surface area contributed by atoms with Crippen LogP contribution in [0.3, 0.4) is 0 Å². The molecule has 166 valence electrons. The Kier molecular flexibility index (Phi) is 5.67. The molecule has 4 aromatic rings. The predicted octanol–water partition coefficient (Wildman–Crippen LogP) is 3.62. The number of fused-ring (bicyclic) bond motifs is 1. The Hall–Kier alpha value is -3.72. The molecule has 0 aliphatic heterocycles. The van der Waals surface area contributed by atoms with Gasteiger partial charge in [0, 0.05) is 19.7 Å². The predicted molar refractivity (Wildman–Crippen MR) is 122 cm³/mol. The van der Waals surface area contributed by atoms with Crippen molar-refractivity contribution >= 4 is 22.6 Å². The van der Waals surface area contributed by atoms with Crippen molar-refractivity contribution in [1.29, 1.82) is 0 Å². The number of nitrogens with one attached hydrogen (secondary N) is 1. The Labute approximate surface area is 186 Å². The summed E-state index contributed by atoms with van der Waals surface area (Å²) < 4.78 is 13.8. The van der Waals surface area contributed by atoms with Gasteiger partial charge in [0.05, 0.1) is 46.5 Å². The number of anilines is 1. The first-order valence-corrected chi connectivity index (χ1v) is 10.2. The molecule has 1 amide bonds. The van der Waals surface area contributed by atoms with E-state index >= 15 is 0 Å². The van der Waals surface area contributed by atoms with Crippen molar-refractivity contribution in [1.82, 2.24) is 24.5 Å². The van der Waals surface area contributed by atoms with Crippen LogP contribution in [0.2, 0.25) is 0 Å². The lowest BCUT2D eigenvalue weighted by Crippen LogP contribution is -2.15. The molecular weight excluding hydrogens is 408 g/mol. The molecule has 32 heavy (non-hydrogen) atoms. The highest BCUT2D eigenvalue weighted by molar-refractivity contribution is 6.13. The smallest absolute Gasteiger partial charge is 0.256 e. The van der Waals surface area contributed by atoms with Crippen molar-refractivity contribution in [2.75, 3.05) is 19.5 Å². The maximum absolute atomic E-state index is 13.5. The van der Waals surface area contributed by atoms with E-state index in [1.165, 1.54) is 0 Å². The number of hydrogen-bond donors (Lipinski definition) is 1. The summed E-state index contributed by atoms with van der Waals surface area (Å²) in [7, 11) is 5.05. The first-order chi connectivity index (χ1) is 15.3. The van der Waals surface area contributed by atoms with Crippen LogP contribution in [0.1, 0.15) is 27.4 Å². The largest absolute Gasteiger partial charge is 0.497 e. The quantitative estimate of drug-likeness (QED) is 0.498. The fourth-order valence-electron chi connectivity index (χ4n) is 3.84. The fourth-order valence-corrected chi connectivity index (χ4v) is 3.84. The summed E-state index contributed by atoms with van der Waals surface area (Å²) in [5.74, 6) is 0.509. The minimum atomic E-state index is -0.244. The molecule has 0 aliphatic rings. The number of aryl methyl sites for hydroxylation is 3. The highest BCUT2D eigenvalue weighted by Gasteiger charge is 2.22. The van der Waals surface area contributed by atoms with E-state index in [2.05, 4.69) is 15.5 Å². The number of methoxy groups -OCH3 is 2. The van der Waals surface area contributed by atoms with Crippen LogP contribution in [0, 0.1) is 20.8 Å². The monoisotopic (exact) mass is 434 g/mol. The van der Waals surface area contributed by atoms with E-state index in [0.29, 0.717) is 29.3 Å². The Balaban J connectivity index is 1.81. The third kappa shape index (κ3) is 3.71. The van der Waals surface area contributed by atoms with Gasteiger partial charge in [0.1, 0.15) is 12.5 Å². The molecule has 1 N–H and O–H groups in total. The van der Waals surface area contributed by atoms with Crippen LogP contribution in [0.5, 0.6) is 5.75 Å². The molecule has 1 aromatic carbocycles. The van der Waals surface area contributed by atoms with Crippen molar-refractivity contribution in [3.8, 4) is 17.0 Å². The zero-order valence-corrected chi connectivity index (χ0v) is 19.1. The summed E-state index contributed by atoms with van der Waals surface area (Å²) in [6.45, 7) is 5.94. The van der Waals surface area contributed by atoms with Crippen LogP contribution in [-0.4, -0.2) is 44.7 Å². The summed E-state index contributed by atoms with van der Waals surface area (Å²) >= 11 is 0. The molecule has 4 rings (SSSR count). The zero-order chi connectivity index (χ0) is 23.0. The van der Waals surface area contributed by atoms with Gasteiger partial charge in [-0.3, -0.25) is 9.48 Å². The second-order valence-electron chi connectivity index (χ2n) is 7.61. The van der Waals surface area contributed by atoms with Gasteiger partial charge in [0.25, 0.3) is 5.91 Å². The third-order valence-electron chi connectivity index (χ3n) is 5.47. The first kappa shape index (κ1) is 21.5. The van der Waals surface area contributed by atoms with Crippen LogP contribution in [0.15, 0.2) is 30.3 Å². The standard InChI is InChI=1S/C23H26N6O3/c1-13-20-18(23(30)25-21-14(2)27-29(12-31-5)15(21)3)11-19(24-22(20)28(4)26-13)16-7-9-17(32-6)10-8-16/h7-11H,12H2,1-6H3,(H,25,30). The van der Waals surface area contributed by atoms with Crippen molar-refractivity contribution in [3.63, 3.8) is 0 Å². The molecular formula is C23H26N6O3. The minimum Gasteiger partial charge on any atom is -0.497 e. The summed E-state index contributed by atoms with van der Waals surface area (Å²) in [5, 5.41) is 12.7. The SMILES string of the molecule is COCn1nc(C)c(NC(=O)c2cc(-c3ccc(OC)cc3)nc3c2c(C)nn3C)c1C. The third-order valence-corrected chi connectivity index (χ3v) is 5.47. The molecule has 0 aliphatic carbocycles. The Bertz CT molecular complexity index is 1300. The summed E-state index contributed by atoms with van der Waals surface area (Å²) in [6, 6.07) is 9.37. The average Bonchev–Trinajstić information content (AvgIpc) is 3.23. The van der Waals surface area contributed by atoms with Gasteiger partial charge in [-0.15, -0.1) is 0 Å². The van der Waals surface area contributed by atoms with Crippen molar-refractivity contribution in [2.45, 2.75) is 27.5 Å². The van der Waals surface area contributed by atoms with E-state index in [-0.39, 0.29) is 5.91 Å². The normalized spacial score (nSPS) is 11.2. The topological polar surface area (TPSA) is 96.1 Å². The molecule has 9 nitrogen and oxygen atoms in total. The van der Waals surface area contributed by atoms with Gasteiger partial charge in [0.15, 0.2) is 5.65 Å². The maximum Gasteiger partial charge on any atom is 0.256 e. The van der Waals surface area contributed by atoms with Gasteiger partial charge in [-0.05, 0) is 51.1 Å². The average molecular weight is 435 g/mol. The van der Waals surface area contributed by atoms with Crippen LogP contribution in [-0.2, 0) is 18.5 Å². The number of carbonyl (C=O) groups excluding carboxylic acids is 1. The molecule has 0 radical (unpaired) electrons. The van der Waals surface area contributed by atoms with E-state index in [0.717, 1.165) is 33.8 Å². The van der Waals surface area contributed by atoms with E-state index in [1.807, 2.05) is 52.1 Å². The molecule has 0 fully saturated rings. The minimum absolute atomic E-state index is 0.244. The van der Waals surface area contributed by atoms with Crippen LogP contribution in [0.4, 0.5) is 5.69 Å². The van der Waals surface area contributed by atoms with Crippen LogP contribution >= 0.6 is 0 Å². The van der Waals surface area contributed by atoms with E-state index in [1.54, 1.807) is 29.6 Å². The molecule has 0 bridgehead atoms. The van der Waals surface area contributed by atoms with Crippen LogP contribution in [0.25, 0.3) is 22.3 Å². The highest BCUT2D eigenvalue weighted by atomic mass is 16.5. The second kappa shape index (κ2) is 8.43.